The lowest BCUT2D eigenvalue weighted by Crippen LogP contribution is -2.29. The molecule has 106 valence electrons. The van der Waals surface area contributed by atoms with Gasteiger partial charge >= 0.3 is 0 Å². The predicted octanol–water partition coefficient (Wildman–Crippen LogP) is 1.86. The van der Waals surface area contributed by atoms with Crippen molar-refractivity contribution in [3.05, 3.63) is 29.6 Å². The Morgan fingerprint density at radius 1 is 1.42 bits per heavy atom. The molecule has 0 aliphatic heterocycles. The van der Waals surface area contributed by atoms with Crippen LogP contribution in [0.25, 0.3) is 0 Å². The van der Waals surface area contributed by atoms with Crippen LogP contribution in [0.4, 0.5) is 10.1 Å². The highest BCUT2D eigenvalue weighted by atomic mass is 19.1. The number of rotatable bonds is 8. The van der Waals surface area contributed by atoms with Gasteiger partial charge in [0, 0.05) is 18.7 Å². The molecule has 0 heterocycles. The molecule has 0 saturated heterocycles. The van der Waals surface area contributed by atoms with Crippen molar-refractivity contribution in [2.24, 2.45) is 0 Å². The third-order valence-corrected chi connectivity index (χ3v) is 2.81. The average Bonchev–Trinajstić information content (AvgIpc) is 2.39. The minimum Gasteiger partial charge on any atom is -0.394 e. The second-order valence-corrected chi connectivity index (χ2v) is 4.11. The molecule has 0 bridgehead atoms. The van der Waals surface area contributed by atoms with Crippen molar-refractivity contribution in [3.8, 4) is 0 Å². The topological polar surface area (TPSA) is 49.8 Å². The average molecular weight is 269 g/mol. The van der Waals surface area contributed by atoms with Crippen LogP contribution in [0.2, 0.25) is 0 Å². The maximum absolute atomic E-state index is 13.9. The Kier molecular flexibility index (Phi) is 6.45. The lowest BCUT2D eigenvalue weighted by atomic mass is 10.1. The fraction of sp³-hybridized carbons (Fsp3) is 0.500. The van der Waals surface area contributed by atoms with Gasteiger partial charge in [0.15, 0.2) is 5.78 Å². The van der Waals surface area contributed by atoms with Crippen molar-refractivity contribution < 1.29 is 19.0 Å². The van der Waals surface area contributed by atoms with Gasteiger partial charge in [-0.15, -0.1) is 0 Å². The highest BCUT2D eigenvalue weighted by molar-refractivity contribution is 5.99. The number of Topliss-reactive ketones (excluding diaryl/α,β-unsaturated/α-hetero) is 1. The van der Waals surface area contributed by atoms with E-state index in [2.05, 4.69) is 0 Å². The number of hydrogen-bond donors (Lipinski definition) is 1. The van der Waals surface area contributed by atoms with Gasteiger partial charge in [0.05, 0.1) is 25.5 Å². The summed E-state index contributed by atoms with van der Waals surface area (Å²) in [4.78, 5) is 13.3. The summed E-state index contributed by atoms with van der Waals surface area (Å²) in [6.45, 7) is 4.96. The smallest absolute Gasteiger partial charge is 0.161 e. The monoisotopic (exact) mass is 269 g/mol. The zero-order valence-electron chi connectivity index (χ0n) is 11.4. The van der Waals surface area contributed by atoms with E-state index in [0.29, 0.717) is 30.9 Å². The number of para-hydroxylation sites is 1. The van der Waals surface area contributed by atoms with Gasteiger partial charge in [-0.05, 0) is 26.0 Å². The van der Waals surface area contributed by atoms with Gasteiger partial charge in [0.25, 0.3) is 0 Å². The van der Waals surface area contributed by atoms with Crippen LogP contribution < -0.4 is 4.90 Å². The van der Waals surface area contributed by atoms with Crippen LogP contribution in [-0.2, 0) is 4.74 Å². The molecular formula is C14H20FNO3. The lowest BCUT2D eigenvalue weighted by Gasteiger charge is -2.25. The first-order valence-corrected chi connectivity index (χ1v) is 6.34. The van der Waals surface area contributed by atoms with E-state index in [1.54, 1.807) is 11.0 Å². The van der Waals surface area contributed by atoms with E-state index in [0.717, 1.165) is 0 Å². The van der Waals surface area contributed by atoms with Crippen molar-refractivity contribution in [1.82, 2.24) is 0 Å². The van der Waals surface area contributed by atoms with Crippen LogP contribution in [0.1, 0.15) is 24.2 Å². The number of ketones is 1. The number of aliphatic hydroxyl groups excluding tert-OH is 1. The van der Waals surface area contributed by atoms with Gasteiger partial charge in [-0.3, -0.25) is 4.79 Å². The van der Waals surface area contributed by atoms with Crippen molar-refractivity contribution >= 4 is 11.5 Å². The molecule has 19 heavy (non-hydrogen) atoms. The predicted molar refractivity (Wildman–Crippen MR) is 72.2 cm³/mol. The van der Waals surface area contributed by atoms with Crippen molar-refractivity contribution in [2.45, 2.75) is 13.8 Å². The molecule has 1 rings (SSSR count). The van der Waals surface area contributed by atoms with Crippen molar-refractivity contribution in [1.29, 1.82) is 0 Å². The molecule has 0 aromatic heterocycles. The van der Waals surface area contributed by atoms with E-state index in [1.165, 1.54) is 19.1 Å². The summed E-state index contributed by atoms with van der Waals surface area (Å²) in [5, 5.41) is 8.62. The zero-order chi connectivity index (χ0) is 14.3. The third kappa shape index (κ3) is 4.29. The van der Waals surface area contributed by atoms with E-state index >= 15 is 0 Å². The number of anilines is 1. The zero-order valence-corrected chi connectivity index (χ0v) is 11.4. The molecule has 5 heteroatoms. The number of aliphatic hydroxyl groups is 1. The Morgan fingerprint density at radius 2 is 2.16 bits per heavy atom. The minimum absolute atomic E-state index is 0.0372. The maximum Gasteiger partial charge on any atom is 0.161 e. The fourth-order valence-corrected chi connectivity index (χ4v) is 1.89. The molecule has 0 aliphatic rings. The van der Waals surface area contributed by atoms with E-state index in [1.807, 2.05) is 6.92 Å². The SMILES string of the molecule is CCN(CCOCCO)c1c(F)cccc1C(C)=O. The number of carbonyl (C=O) groups excluding carboxylic acids is 1. The normalized spacial score (nSPS) is 10.5. The van der Waals surface area contributed by atoms with E-state index in [-0.39, 0.29) is 19.0 Å². The van der Waals surface area contributed by atoms with Gasteiger partial charge in [-0.25, -0.2) is 4.39 Å². The molecular weight excluding hydrogens is 249 g/mol. The maximum atomic E-state index is 13.9. The first kappa shape index (κ1) is 15.6. The summed E-state index contributed by atoms with van der Waals surface area (Å²) in [6.07, 6.45) is 0. The molecule has 0 unspecified atom stereocenters. The van der Waals surface area contributed by atoms with Crippen LogP contribution in [0.5, 0.6) is 0 Å². The second kappa shape index (κ2) is 7.86. The summed E-state index contributed by atoms with van der Waals surface area (Å²) < 4.78 is 19.1. The summed E-state index contributed by atoms with van der Waals surface area (Å²) in [7, 11) is 0. The summed E-state index contributed by atoms with van der Waals surface area (Å²) >= 11 is 0. The Bertz CT molecular complexity index is 423. The Hall–Kier alpha value is -1.46. The number of halogens is 1. The lowest BCUT2D eigenvalue weighted by molar-refractivity contribution is 0.0965. The van der Waals surface area contributed by atoms with Crippen LogP contribution in [-0.4, -0.2) is 43.8 Å². The number of nitrogens with zero attached hydrogens (tertiary/aromatic N) is 1. The summed E-state index contributed by atoms with van der Waals surface area (Å²) in [5.41, 5.74) is 0.703. The summed E-state index contributed by atoms with van der Waals surface area (Å²) in [5.74, 6) is -0.569. The molecule has 0 aliphatic carbocycles. The molecule has 1 N–H and O–H groups in total. The molecule has 0 amide bonds. The molecule has 0 spiro atoms. The quantitative estimate of drug-likeness (QED) is 0.578. The second-order valence-electron chi connectivity index (χ2n) is 4.11. The Morgan fingerprint density at radius 3 is 2.74 bits per heavy atom. The van der Waals surface area contributed by atoms with Crippen LogP contribution in [0, 0.1) is 5.82 Å². The minimum atomic E-state index is -0.406. The van der Waals surface area contributed by atoms with Gasteiger partial charge in [-0.1, -0.05) is 6.07 Å². The van der Waals surface area contributed by atoms with E-state index < -0.39 is 5.82 Å². The molecule has 0 fully saturated rings. The van der Waals surface area contributed by atoms with Gasteiger partial charge in [0.2, 0.25) is 0 Å². The van der Waals surface area contributed by atoms with Crippen LogP contribution >= 0.6 is 0 Å². The standard InChI is InChI=1S/C14H20FNO3/c1-3-16(7-9-19-10-8-17)14-12(11(2)18)5-4-6-13(14)15/h4-6,17H,3,7-10H2,1-2H3. The van der Waals surface area contributed by atoms with E-state index in [9.17, 15) is 9.18 Å². The fourth-order valence-electron chi connectivity index (χ4n) is 1.89. The molecule has 4 nitrogen and oxygen atoms in total. The number of ether oxygens (including phenoxy) is 1. The summed E-state index contributed by atoms with van der Waals surface area (Å²) in [6, 6.07) is 4.50. The molecule has 1 aromatic rings. The van der Waals surface area contributed by atoms with Crippen LogP contribution in [0.15, 0.2) is 18.2 Å². The molecule has 0 saturated carbocycles. The molecule has 0 atom stereocenters. The molecule has 0 radical (unpaired) electrons. The first-order chi connectivity index (χ1) is 9.11. The van der Waals surface area contributed by atoms with Crippen molar-refractivity contribution in [2.75, 3.05) is 37.8 Å². The van der Waals surface area contributed by atoms with Crippen molar-refractivity contribution in [3.63, 3.8) is 0 Å². The van der Waals surface area contributed by atoms with Gasteiger partial charge < -0.3 is 14.7 Å². The number of hydrogen-bond acceptors (Lipinski definition) is 4. The van der Waals surface area contributed by atoms with Crippen LogP contribution in [0.3, 0.4) is 0 Å². The van der Waals surface area contributed by atoms with Gasteiger partial charge in [0.1, 0.15) is 5.82 Å². The number of likely N-dealkylation sites (N-methyl/N-ethyl adjacent to an activating group) is 1. The third-order valence-electron chi connectivity index (χ3n) is 2.81. The molecule has 1 aromatic carbocycles. The highest BCUT2D eigenvalue weighted by Crippen LogP contribution is 2.24. The van der Waals surface area contributed by atoms with Gasteiger partial charge in [-0.2, -0.15) is 0 Å². The first-order valence-electron chi connectivity index (χ1n) is 6.34. The Labute approximate surface area is 112 Å². The largest absolute Gasteiger partial charge is 0.394 e. The van der Waals surface area contributed by atoms with E-state index in [4.69, 9.17) is 9.84 Å². The number of carbonyl (C=O) groups is 1. The Balaban J connectivity index is 2.88. The highest BCUT2D eigenvalue weighted by Gasteiger charge is 2.17. The number of benzene rings is 1.